The molecule has 0 aliphatic rings. The lowest BCUT2D eigenvalue weighted by molar-refractivity contribution is -0.149. The molecule has 0 saturated carbocycles. The molecule has 0 aliphatic heterocycles. The van der Waals surface area contributed by atoms with E-state index < -0.39 is 24.5 Å². The normalized spacial score (nSPS) is 11.7. The second-order valence-corrected chi connectivity index (χ2v) is 6.12. The smallest absolute Gasteiger partial charge is 0.341 e. The van der Waals surface area contributed by atoms with Gasteiger partial charge in [0.15, 0.2) is 17.6 Å². The number of pyridine rings is 2. The van der Waals surface area contributed by atoms with Crippen molar-refractivity contribution in [1.82, 2.24) is 9.97 Å². The first-order chi connectivity index (χ1) is 12.8. The maximum absolute atomic E-state index is 12.1. The number of aliphatic hydroxyl groups is 1. The molecule has 2 aromatic heterocycles. The van der Waals surface area contributed by atoms with Gasteiger partial charge in [0.05, 0.1) is 17.8 Å². The first-order valence-electron chi connectivity index (χ1n) is 8.87. The predicted octanol–water partition coefficient (Wildman–Crippen LogP) is 2.48. The number of ether oxygens (including phenoxy) is 2. The lowest BCUT2D eigenvalue weighted by Crippen LogP contribution is -2.30. The van der Waals surface area contributed by atoms with Crippen LogP contribution in [0.3, 0.4) is 0 Å². The number of aliphatic hydroxyl groups excluding tert-OH is 1. The van der Waals surface area contributed by atoms with Gasteiger partial charge in [-0.25, -0.2) is 4.79 Å². The monoisotopic (exact) mass is 372 g/mol. The molecule has 1 atom stereocenters. The lowest BCUT2D eigenvalue weighted by atomic mass is 10.2. The number of carbonyl (C=O) groups is 2. The van der Waals surface area contributed by atoms with Crippen LogP contribution in [0.1, 0.15) is 43.0 Å². The first-order valence-corrected chi connectivity index (χ1v) is 8.87. The van der Waals surface area contributed by atoms with Gasteiger partial charge in [-0.15, -0.1) is 0 Å². The third-order valence-corrected chi connectivity index (χ3v) is 3.88. The molecule has 0 fully saturated rings. The van der Waals surface area contributed by atoms with Crippen molar-refractivity contribution >= 4 is 11.9 Å². The highest BCUT2D eigenvalue weighted by Gasteiger charge is 2.24. The summed E-state index contributed by atoms with van der Waals surface area (Å²) >= 11 is 0. The van der Waals surface area contributed by atoms with Gasteiger partial charge in [-0.2, -0.15) is 0 Å². The molecule has 27 heavy (non-hydrogen) atoms. The standard InChI is InChI=1S/C20H24N2O5/c1-5-14-17(9-7-12(3)21-14)26-19(24)11-16(23)20(25)27-18-10-8-13(4)22-15(18)6-2/h7-10,16,23H,5-6,11H2,1-4H3. The van der Waals surface area contributed by atoms with E-state index in [2.05, 4.69) is 9.97 Å². The molecule has 0 radical (unpaired) electrons. The van der Waals surface area contributed by atoms with Crippen LogP contribution in [0.25, 0.3) is 0 Å². The summed E-state index contributed by atoms with van der Waals surface area (Å²) in [4.78, 5) is 32.8. The molecule has 0 amide bonds. The third kappa shape index (κ3) is 5.59. The molecule has 2 rings (SSSR count). The van der Waals surface area contributed by atoms with Gasteiger partial charge in [-0.05, 0) is 51.0 Å². The van der Waals surface area contributed by atoms with E-state index in [1.54, 1.807) is 24.3 Å². The fraction of sp³-hybridized carbons (Fsp3) is 0.400. The lowest BCUT2D eigenvalue weighted by Gasteiger charge is -2.13. The third-order valence-electron chi connectivity index (χ3n) is 3.88. The molecule has 2 heterocycles. The highest BCUT2D eigenvalue weighted by atomic mass is 16.6. The molecule has 7 nitrogen and oxygen atoms in total. The summed E-state index contributed by atoms with van der Waals surface area (Å²) in [6, 6.07) is 6.70. The molecule has 2 aromatic rings. The zero-order chi connectivity index (χ0) is 20.0. The first kappa shape index (κ1) is 20.5. The Bertz CT molecular complexity index is 835. The van der Waals surface area contributed by atoms with Gasteiger partial charge in [0.25, 0.3) is 0 Å². The summed E-state index contributed by atoms with van der Waals surface area (Å²) < 4.78 is 10.4. The Morgan fingerprint density at radius 1 is 0.926 bits per heavy atom. The van der Waals surface area contributed by atoms with Crippen molar-refractivity contribution in [2.75, 3.05) is 0 Å². The Balaban J connectivity index is 1.99. The molecule has 0 bridgehead atoms. The summed E-state index contributed by atoms with van der Waals surface area (Å²) in [5.74, 6) is -1.07. The van der Waals surface area contributed by atoms with E-state index in [1.807, 2.05) is 27.7 Å². The Labute approximate surface area is 158 Å². The van der Waals surface area contributed by atoms with Gasteiger partial charge in [0, 0.05) is 11.4 Å². The summed E-state index contributed by atoms with van der Waals surface area (Å²) in [6.45, 7) is 7.45. The van der Waals surface area contributed by atoms with Crippen LogP contribution in [0.5, 0.6) is 11.5 Å². The second kappa shape index (κ2) is 9.23. The van der Waals surface area contributed by atoms with Crippen molar-refractivity contribution in [3.05, 3.63) is 47.0 Å². The minimum Gasteiger partial charge on any atom is -0.424 e. The number of hydrogen-bond acceptors (Lipinski definition) is 7. The highest BCUT2D eigenvalue weighted by molar-refractivity contribution is 5.84. The molecule has 7 heteroatoms. The quantitative estimate of drug-likeness (QED) is 0.746. The van der Waals surface area contributed by atoms with Gasteiger partial charge >= 0.3 is 11.9 Å². The van der Waals surface area contributed by atoms with Gasteiger partial charge in [-0.3, -0.25) is 14.8 Å². The van der Waals surface area contributed by atoms with Crippen molar-refractivity contribution in [3.8, 4) is 11.5 Å². The summed E-state index contributed by atoms with van der Waals surface area (Å²) in [7, 11) is 0. The fourth-order valence-electron chi connectivity index (χ4n) is 2.47. The van der Waals surface area contributed by atoms with Crippen LogP contribution in [-0.2, 0) is 22.4 Å². The Kier molecular flexibility index (Phi) is 7.01. The summed E-state index contributed by atoms with van der Waals surface area (Å²) in [6.07, 6.45) is -0.985. The van der Waals surface area contributed by atoms with Crippen molar-refractivity contribution in [2.45, 2.75) is 53.1 Å². The summed E-state index contributed by atoms with van der Waals surface area (Å²) in [5, 5.41) is 10.0. The molecular weight excluding hydrogens is 348 g/mol. The van der Waals surface area contributed by atoms with Crippen molar-refractivity contribution in [3.63, 3.8) is 0 Å². The van der Waals surface area contributed by atoms with E-state index >= 15 is 0 Å². The van der Waals surface area contributed by atoms with Gasteiger partial charge in [-0.1, -0.05) is 13.8 Å². The highest BCUT2D eigenvalue weighted by Crippen LogP contribution is 2.20. The number of hydrogen-bond donors (Lipinski definition) is 1. The van der Waals surface area contributed by atoms with Crippen molar-refractivity contribution in [2.24, 2.45) is 0 Å². The Morgan fingerprint density at radius 2 is 1.41 bits per heavy atom. The van der Waals surface area contributed by atoms with E-state index in [-0.39, 0.29) is 5.75 Å². The van der Waals surface area contributed by atoms with Crippen LogP contribution >= 0.6 is 0 Å². The second-order valence-electron chi connectivity index (χ2n) is 6.12. The van der Waals surface area contributed by atoms with Gasteiger partial charge in [0.2, 0.25) is 0 Å². The SMILES string of the molecule is CCc1nc(C)ccc1OC(=O)CC(O)C(=O)Oc1ccc(C)nc1CC. The maximum Gasteiger partial charge on any atom is 0.341 e. The minimum atomic E-state index is -1.63. The predicted molar refractivity (Wildman–Crippen MR) is 98.6 cm³/mol. The number of esters is 2. The van der Waals surface area contributed by atoms with E-state index in [0.717, 1.165) is 11.4 Å². The van der Waals surface area contributed by atoms with Crippen molar-refractivity contribution in [1.29, 1.82) is 0 Å². The number of carbonyl (C=O) groups excluding carboxylic acids is 2. The van der Waals surface area contributed by atoms with E-state index in [4.69, 9.17) is 9.47 Å². The van der Waals surface area contributed by atoms with Crippen LogP contribution in [-0.4, -0.2) is 33.1 Å². The topological polar surface area (TPSA) is 98.6 Å². The molecule has 0 spiro atoms. The van der Waals surface area contributed by atoms with Gasteiger partial charge in [0.1, 0.15) is 0 Å². The van der Waals surface area contributed by atoms with Crippen molar-refractivity contribution < 1.29 is 24.2 Å². The largest absolute Gasteiger partial charge is 0.424 e. The van der Waals surface area contributed by atoms with Crippen LogP contribution in [0, 0.1) is 13.8 Å². The zero-order valence-corrected chi connectivity index (χ0v) is 16.0. The molecular formula is C20H24N2O5. The zero-order valence-electron chi connectivity index (χ0n) is 16.0. The van der Waals surface area contributed by atoms with Crippen LogP contribution in [0.2, 0.25) is 0 Å². The Morgan fingerprint density at radius 3 is 1.89 bits per heavy atom. The number of aromatic nitrogens is 2. The van der Waals surface area contributed by atoms with E-state index in [9.17, 15) is 14.7 Å². The number of nitrogens with zero attached hydrogens (tertiary/aromatic N) is 2. The fourth-order valence-corrected chi connectivity index (χ4v) is 2.47. The molecule has 0 aliphatic carbocycles. The number of rotatable bonds is 7. The number of aryl methyl sites for hydroxylation is 4. The van der Waals surface area contributed by atoms with E-state index in [1.165, 1.54) is 0 Å². The average Bonchev–Trinajstić information content (AvgIpc) is 2.64. The average molecular weight is 372 g/mol. The molecule has 0 saturated heterocycles. The Hall–Kier alpha value is -2.80. The molecule has 144 valence electrons. The molecule has 1 unspecified atom stereocenters. The maximum atomic E-state index is 12.1. The van der Waals surface area contributed by atoms with Crippen LogP contribution < -0.4 is 9.47 Å². The van der Waals surface area contributed by atoms with Crippen LogP contribution in [0.4, 0.5) is 0 Å². The molecule has 0 aromatic carbocycles. The summed E-state index contributed by atoms with van der Waals surface area (Å²) in [5.41, 5.74) is 2.86. The minimum absolute atomic E-state index is 0.275. The van der Waals surface area contributed by atoms with E-state index in [0.29, 0.717) is 30.0 Å². The van der Waals surface area contributed by atoms with Crippen LogP contribution in [0.15, 0.2) is 24.3 Å². The van der Waals surface area contributed by atoms with Gasteiger partial charge < -0.3 is 14.6 Å². The molecule has 1 N–H and O–H groups in total.